The molecule has 2 aromatic rings. The zero-order valence-electron chi connectivity index (χ0n) is 12.6. The van der Waals surface area contributed by atoms with Gasteiger partial charge in [0.1, 0.15) is 5.41 Å². The van der Waals surface area contributed by atoms with Crippen LogP contribution in [0, 0.1) is 0 Å². The van der Waals surface area contributed by atoms with Crippen LogP contribution in [-0.4, -0.2) is 18.4 Å². The predicted molar refractivity (Wildman–Crippen MR) is 93.6 cm³/mol. The summed E-state index contributed by atoms with van der Waals surface area (Å²) < 4.78 is 0. The molecule has 1 saturated heterocycles. The summed E-state index contributed by atoms with van der Waals surface area (Å²) >= 11 is 12.2. The molecule has 0 saturated carbocycles. The van der Waals surface area contributed by atoms with Crippen LogP contribution in [0.2, 0.25) is 10.0 Å². The number of anilines is 1. The fourth-order valence-corrected chi connectivity index (χ4v) is 4.18. The van der Waals surface area contributed by atoms with Gasteiger partial charge in [0.15, 0.2) is 0 Å². The first-order chi connectivity index (χ1) is 11.5. The van der Waals surface area contributed by atoms with Gasteiger partial charge >= 0.3 is 0 Å². The molecule has 0 aliphatic carbocycles. The number of nitrogens with one attached hydrogen (secondary N) is 2. The predicted octanol–water partition coefficient (Wildman–Crippen LogP) is 3.49. The van der Waals surface area contributed by atoms with Crippen LogP contribution in [-0.2, 0) is 15.0 Å². The number of benzene rings is 2. The molecule has 2 atom stereocenters. The quantitative estimate of drug-likeness (QED) is 0.817. The molecule has 1 fully saturated rings. The average Bonchev–Trinajstić information content (AvgIpc) is 2.81. The van der Waals surface area contributed by atoms with Gasteiger partial charge in [-0.25, -0.2) is 0 Å². The number of halogens is 2. The van der Waals surface area contributed by atoms with E-state index in [2.05, 4.69) is 10.6 Å². The van der Waals surface area contributed by atoms with Crippen molar-refractivity contribution in [2.75, 3.05) is 11.9 Å². The monoisotopic (exact) mass is 360 g/mol. The lowest BCUT2D eigenvalue weighted by Crippen LogP contribution is -2.54. The van der Waals surface area contributed by atoms with Crippen LogP contribution in [0.15, 0.2) is 42.5 Å². The van der Waals surface area contributed by atoms with Crippen molar-refractivity contribution in [2.45, 2.75) is 17.8 Å². The van der Waals surface area contributed by atoms with E-state index in [1.165, 1.54) is 0 Å². The van der Waals surface area contributed by atoms with E-state index in [9.17, 15) is 9.59 Å². The molecular formula is C18H14Cl2N2O2. The van der Waals surface area contributed by atoms with Gasteiger partial charge in [0.2, 0.25) is 11.8 Å². The summed E-state index contributed by atoms with van der Waals surface area (Å²) in [5.74, 6) is -0.474. The fraction of sp³-hybridized carbons (Fsp3) is 0.222. The Kier molecular flexibility index (Phi) is 3.55. The third kappa shape index (κ3) is 2.21. The standard InChI is InChI=1S/C18H14Cl2N2O2/c19-11-3-1-2-10(6-11)14-8-16(23)21-9-18(14)13-5-4-12(20)7-15(13)22-17(18)24/h1-7,14H,8-9H2,(H,21,23)(H,22,24)/t14-,18-/m0/s1. The normalized spacial score (nSPS) is 25.3. The molecule has 2 aliphatic heterocycles. The van der Waals surface area contributed by atoms with Crippen LogP contribution < -0.4 is 10.6 Å². The van der Waals surface area contributed by atoms with Gasteiger partial charge < -0.3 is 10.6 Å². The van der Waals surface area contributed by atoms with Gasteiger partial charge in [-0.3, -0.25) is 9.59 Å². The highest BCUT2D eigenvalue weighted by Crippen LogP contribution is 2.50. The van der Waals surface area contributed by atoms with Gasteiger partial charge in [0, 0.05) is 34.6 Å². The smallest absolute Gasteiger partial charge is 0.237 e. The molecule has 2 N–H and O–H groups in total. The molecule has 2 heterocycles. The zero-order valence-corrected chi connectivity index (χ0v) is 14.1. The SMILES string of the molecule is O=C1C[C@@H](c2cccc(Cl)c2)[C@@]2(CN1)C(=O)Nc1cc(Cl)ccc12. The second-order valence-electron chi connectivity index (χ2n) is 6.20. The van der Waals surface area contributed by atoms with E-state index in [4.69, 9.17) is 23.2 Å². The van der Waals surface area contributed by atoms with Crippen molar-refractivity contribution in [3.05, 3.63) is 63.6 Å². The Hall–Kier alpha value is -2.04. The molecule has 24 heavy (non-hydrogen) atoms. The summed E-state index contributed by atoms with van der Waals surface area (Å²) in [5.41, 5.74) is 1.60. The Labute approximate surface area is 149 Å². The van der Waals surface area contributed by atoms with E-state index < -0.39 is 5.41 Å². The average molecular weight is 361 g/mol. The maximum absolute atomic E-state index is 13.0. The number of amides is 2. The van der Waals surface area contributed by atoms with E-state index in [0.29, 0.717) is 15.7 Å². The maximum atomic E-state index is 13.0. The zero-order chi connectivity index (χ0) is 16.9. The Balaban J connectivity index is 1.91. The molecule has 0 bridgehead atoms. The van der Waals surface area contributed by atoms with Crippen molar-refractivity contribution in [2.24, 2.45) is 0 Å². The lowest BCUT2D eigenvalue weighted by Gasteiger charge is -2.40. The maximum Gasteiger partial charge on any atom is 0.237 e. The van der Waals surface area contributed by atoms with Gasteiger partial charge in [-0.1, -0.05) is 41.4 Å². The van der Waals surface area contributed by atoms with E-state index in [1.54, 1.807) is 18.2 Å². The number of hydrogen-bond acceptors (Lipinski definition) is 2. The van der Waals surface area contributed by atoms with Gasteiger partial charge in [-0.15, -0.1) is 0 Å². The van der Waals surface area contributed by atoms with Crippen LogP contribution in [0.25, 0.3) is 0 Å². The Morgan fingerprint density at radius 1 is 1.04 bits per heavy atom. The molecule has 2 aliphatic rings. The first-order valence-electron chi connectivity index (χ1n) is 7.64. The second-order valence-corrected chi connectivity index (χ2v) is 7.08. The number of carbonyl (C=O) groups excluding carboxylic acids is 2. The van der Waals surface area contributed by atoms with Gasteiger partial charge in [0.25, 0.3) is 0 Å². The van der Waals surface area contributed by atoms with Gasteiger partial charge in [0.05, 0.1) is 0 Å². The van der Waals surface area contributed by atoms with Crippen molar-refractivity contribution >= 4 is 40.7 Å². The van der Waals surface area contributed by atoms with E-state index >= 15 is 0 Å². The van der Waals surface area contributed by atoms with Crippen LogP contribution in [0.4, 0.5) is 5.69 Å². The number of hydrogen-bond donors (Lipinski definition) is 2. The largest absolute Gasteiger partial charge is 0.355 e. The highest BCUT2D eigenvalue weighted by molar-refractivity contribution is 6.31. The Bertz CT molecular complexity index is 868. The van der Waals surface area contributed by atoms with Crippen LogP contribution in [0.3, 0.4) is 0 Å². The van der Waals surface area contributed by atoms with E-state index in [-0.39, 0.29) is 30.7 Å². The molecule has 122 valence electrons. The van der Waals surface area contributed by atoms with Gasteiger partial charge in [-0.2, -0.15) is 0 Å². The molecule has 4 rings (SSSR count). The second kappa shape index (κ2) is 5.50. The summed E-state index contributed by atoms with van der Waals surface area (Å²) in [6, 6.07) is 12.7. The summed E-state index contributed by atoms with van der Waals surface area (Å²) in [6.07, 6.45) is 0.232. The minimum atomic E-state index is -0.849. The van der Waals surface area contributed by atoms with Crippen molar-refractivity contribution in [1.29, 1.82) is 0 Å². The lowest BCUT2D eigenvalue weighted by atomic mass is 9.65. The molecule has 4 nitrogen and oxygen atoms in total. The van der Waals surface area contributed by atoms with Crippen LogP contribution in [0.5, 0.6) is 0 Å². The summed E-state index contributed by atoms with van der Waals surface area (Å²) in [4.78, 5) is 25.0. The van der Waals surface area contributed by atoms with Gasteiger partial charge in [-0.05, 0) is 35.4 Å². The minimum absolute atomic E-state index is 0.0687. The first-order valence-corrected chi connectivity index (χ1v) is 8.40. The Morgan fingerprint density at radius 3 is 2.62 bits per heavy atom. The molecule has 2 amide bonds. The third-order valence-corrected chi connectivity index (χ3v) is 5.39. The Morgan fingerprint density at radius 2 is 1.83 bits per heavy atom. The number of carbonyl (C=O) groups is 2. The summed E-state index contributed by atoms with van der Waals surface area (Å²) in [5, 5.41) is 6.92. The van der Waals surface area contributed by atoms with E-state index in [0.717, 1.165) is 11.1 Å². The molecule has 0 unspecified atom stereocenters. The summed E-state index contributed by atoms with van der Waals surface area (Å²) in [7, 11) is 0. The number of piperidine rings is 1. The number of rotatable bonds is 1. The summed E-state index contributed by atoms with van der Waals surface area (Å²) in [6.45, 7) is 0.253. The van der Waals surface area contributed by atoms with E-state index in [1.807, 2.05) is 24.3 Å². The fourth-order valence-electron chi connectivity index (χ4n) is 3.81. The van der Waals surface area contributed by atoms with Crippen LogP contribution >= 0.6 is 23.2 Å². The first kappa shape index (κ1) is 15.5. The third-order valence-electron chi connectivity index (χ3n) is 4.92. The molecule has 0 radical (unpaired) electrons. The topological polar surface area (TPSA) is 58.2 Å². The molecule has 6 heteroatoms. The van der Waals surface area contributed by atoms with Crippen molar-refractivity contribution in [1.82, 2.24) is 5.32 Å². The molecule has 0 aromatic heterocycles. The lowest BCUT2D eigenvalue weighted by molar-refractivity contribution is -0.128. The van der Waals surface area contributed by atoms with Crippen molar-refractivity contribution < 1.29 is 9.59 Å². The van der Waals surface area contributed by atoms with Crippen molar-refractivity contribution in [3.8, 4) is 0 Å². The highest BCUT2D eigenvalue weighted by atomic mass is 35.5. The molecule has 2 aromatic carbocycles. The van der Waals surface area contributed by atoms with Crippen LogP contribution in [0.1, 0.15) is 23.5 Å². The van der Waals surface area contributed by atoms with Crippen molar-refractivity contribution in [3.63, 3.8) is 0 Å². The highest BCUT2D eigenvalue weighted by Gasteiger charge is 2.55. The minimum Gasteiger partial charge on any atom is -0.355 e. The number of fused-ring (bicyclic) bond motifs is 2. The molecule has 1 spiro atoms. The molecular weight excluding hydrogens is 347 g/mol.